The van der Waals surface area contributed by atoms with Crippen LogP contribution in [-0.2, 0) is 6.54 Å². The first-order valence-electron chi connectivity index (χ1n) is 4.73. The van der Waals surface area contributed by atoms with Crippen LogP contribution in [0.25, 0.3) is 0 Å². The molecule has 1 rings (SSSR count). The largest absolute Gasteiger partial charge is 0.493 e. The summed E-state index contributed by atoms with van der Waals surface area (Å²) >= 11 is 0. The molecule has 0 unspecified atom stereocenters. The average Bonchev–Trinajstić information content (AvgIpc) is 2.18. The molecule has 0 aliphatic rings. The molecule has 0 aliphatic carbocycles. The van der Waals surface area contributed by atoms with Crippen LogP contribution in [0.3, 0.4) is 0 Å². The van der Waals surface area contributed by atoms with Crippen molar-refractivity contribution in [2.24, 2.45) is 0 Å². The Labute approximate surface area is 84.7 Å². The van der Waals surface area contributed by atoms with E-state index in [0.717, 1.165) is 17.3 Å². The number of aromatic nitrogens is 2. The zero-order valence-electron chi connectivity index (χ0n) is 9.16. The molecule has 0 bridgehead atoms. The minimum absolute atomic E-state index is 0.344. The zero-order chi connectivity index (χ0) is 10.6. The van der Waals surface area contributed by atoms with Crippen molar-refractivity contribution in [3.63, 3.8) is 0 Å². The van der Waals surface area contributed by atoms with Gasteiger partial charge in [0.2, 0.25) is 0 Å². The molecular weight excluding hydrogens is 178 g/mol. The molecule has 1 N–H and O–H groups in total. The van der Waals surface area contributed by atoms with Crippen LogP contribution in [0.2, 0.25) is 0 Å². The van der Waals surface area contributed by atoms with E-state index in [4.69, 9.17) is 4.74 Å². The third-order valence-electron chi connectivity index (χ3n) is 1.93. The predicted octanol–water partition coefficient (Wildman–Crippen LogP) is 1.33. The van der Waals surface area contributed by atoms with Gasteiger partial charge in [0.15, 0.2) is 5.75 Å². The Morgan fingerprint density at radius 2 is 2.21 bits per heavy atom. The molecule has 0 saturated carbocycles. The molecule has 0 saturated heterocycles. The molecule has 14 heavy (non-hydrogen) atoms. The molecule has 0 aromatic carbocycles. The Morgan fingerprint density at radius 1 is 1.50 bits per heavy atom. The van der Waals surface area contributed by atoms with Gasteiger partial charge in [-0.2, -0.15) is 0 Å². The van der Waals surface area contributed by atoms with Gasteiger partial charge >= 0.3 is 0 Å². The summed E-state index contributed by atoms with van der Waals surface area (Å²) in [6.45, 7) is 4.85. The van der Waals surface area contributed by atoms with Crippen molar-refractivity contribution in [3.8, 4) is 5.75 Å². The van der Waals surface area contributed by atoms with Crippen LogP contribution in [0.1, 0.15) is 31.3 Å². The molecule has 78 valence electrons. The van der Waals surface area contributed by atoms with Crippen LogP contribution in [0.5, 0.6) is 5.75 Å². The molecular formula is C10H17N3O. The van der Waals surface area contributed by atoms with Gasteiger partial charge in [0, 0.05) is 12.5 Å². The van der Waals surface area contributed by atoms with Crippen LogP contribution >= 0.6 is 0 Å². The van der Waals surface area contributed by atoms with E-state index in [2.05, 4.69) is 29.1 Å². The minimum Gasteiger partial charge on any atom is -0.493 e. The number of nitrogens with zero attached hydrogens (tertiary/aromatic N) is 2. The van der Waals surface area contributed by atoms with E-state index in [1.54, 1.807) is 13.3 Å². The smallest absolute Gasteiger partial charge is 0.159 e. The summed E-state index contributed by atoms with van der Waals surface area (Å²) in [6.07, 6.45) is 1.73. The second-order valence-electron chi connectivity index (χ2n) is 3.43. The topological polar surface area (TPSA) is 47.0 Å². The van der Waals surface area contributed by atoms with Gasteiger partial charge in [0.05, 0.1) is 19.0 Å². The Kier molecular flexibility index (Phi) is 3.83. The van der Waals surface area contributed by atoms with Gasteiger partial charge in [-0.15, -0.1) is 0 Å². The van der Waals surface area contributed by atoms with Gasteiger partial charge in [0.25, 0.3) is 0 Å². The summed E-state index contributed by atoms with van der Waals surface area (Å²) in [4.78, 5) is 8.66. The normalized spacial score (nSPS) is 10.6. The molecule has 4 heteroatoms. The predicted molar refractivity (Wildman–Crippen MR) is 55.4 cm³/mol. The second-order valence-corrected chi connectivity index (χ2v) is 3.43. The molecule has 0 fully saturated rings. The Balaban J connectivity index is 3.01. The maximum Gasteiger partial charge on any atom is 0.159 e. The van der Waals surface area contributed by atoms with E-state index in [-0.39, 0.29) is 0 Å². The summed E-state index contributed by atoms with van der Waals surface area (Å²) < 4.78 is 5.17. The highest BCUT2D eigenvalue weighted by molar-refractivity contribution is 5.25. The third-order valence-corrected chi connectivity index (χ3v) is 1.93. The van der Waals surface area contributed by atoms with Crippen molar-refractivity contribution in [2.45, 2.75) is 26.3 Å². The molecule has 0 atom stereocenters. The Bertz CT molecular complexity index is 299. The lowest BCUT2D eigenvalue weighted by atomic mass is 10.2. The van der Waals surface area contributed by atoms with Crippen molar-refractivity contribution in [1.82, 2.24) is 15.3 Å². The summed E-state index contributed by atoms with van der Waals surface area (Å²) in [5, 5.41) is 3.05. The van der Waals surface area contributed by atoms with Gasteiger partial charge in [-0.05, 0) is 7.05 Å². The number of ether oxygens (including phenoxy) is 1. The molecule has 0 spiro atoms. The molecule has 4 nitrogen and oxygen atoms in total. The zero-order valence-corrected chi connectivity index (χ0v) is 9.16. The molecule has 1 aromatic rings. The van der Waals surface area contributed by atoms with E-state index in [9.17, 15) is 0 Å². The first kappa shape index (κ1) is 10.9. The minimum atomic E-state index is 0.344. The van der Waals surface area contributed by atoms with Crippen LogP contribution in [0.15, 0.2) is 6.20 Å². The van der Waals surface area contributed by atoms with Gasteiger partial charge in [-0.3, -0.25) is 0 Å². The molecule has 1 aromatic heterocycles. The average molecular weight is 195 g/mol. The number of methoxy groups -OCH3 is 1. The van der Waals surface area contributed by atoms with Crippen LogP contribution in [0, 0.1) is 0 Å². The maximum atomic E-state index is 5.17. The highest BCUT2D eigenvalue weighted by Gasteiger charge is 2.08. The summed E-state index contributed by atoms with van der Waals surface area (Å²) in [5.74, 6) is 1.94. The van der Waals surface area contributed by atoms with Crippen LogP contribution < -0.4 is 10.1 Å². The quantitative estimate of drug-likeness (QED) is 0.787. The standard InChI is InChI=1S/C10H17N3O/c1-7(2)10-12-6-9(14-4)8(13-10)5-11-3/h6-7,11H,5H2,1-4H3. The number of nitrogens with one attached hydrogen (secondary N) is 1. The van der Waals surface area contributed by atoms with Crippen molar-refractivity contribution in [3.05, 3.63) is 17.7 Å². The Hall–Kier alpha value is -1.16. The van der Waals surface area contributed by atoms with E-state index in [1.807, 2.05) is 7.05 Å². The SMILES string of the molecule is CNCc1nc(C(C)C)ncc1OC. The fraction of sp³-hybridized carbons (Fsp3) is 0.600. The van der Waals surface area contributed by atoms with Crippen molar-refractivity contribution in [2.75, 3.05) is 14.2 Å². The van der Waals surface area contributed by atoms with E-state index in [0.29, 0.717) is 12.5 Å². The van der Waals surface area contributed by atoms with E-state index < -0.39 is 0 Å². The highest BCUT2D eigenvalue weighted by atomic mass is 16.5. The highest BCUT2D eigenvalue weighted by Crippen LogP contribution is 2.17. The fourth-order valence-electron chi connectivity index (χ4n) is 1.16. The van der Waals surface area contributed by atoms with Crippen molar-refractivity contribution < 1.29 is 4.74 Å². The number of hydrogen-bond donors (Lipinski definition) is 1. The monoisotopic (exact) mass is 195 g/mol. The van der Waals surface area contributed by atoms with Gasteiger partial charge in [-0.25, -0.2) is 9.97 Å². The summed E-state index contributed by atoms with van der Waals surface area (Å²) in [6, 6.07) is 0. The lowest BCUT2D eigenvalue weighted by Gasteiger charge is -2.10. The van der Waals surface area contributed by atoms with Crippen LogP contribution in [0.4, 0.5) is 0 Å². The third kappa shape index (κ3) is 2.42. The maximum absolute atomic E-state index is 5.17. The summed E-state index contributed by atoms with van der Waals surface area (Å²) in [7, 11) is 3.52. The summed E-state index contributed by atoms with van der Waals surface area (Å²) in [5.41, 5.74) is 0.911. The van der Waals surface area contributed by atoms with Crippen LogP contribution in [-0.4, -0.2) is 24.1 Å². The van der Waals surface area contributed by atoms with Gasteiger partial charge in [-0.1, -0.05) is 13.8 Å². The molecule has 0 amide bonds. The molecule has 1 heterocycles. The first-order chi connectivity index (χ1) is 6.69. The molecule has 0 radical (unpaired) electrons. The first-order valence-corrected chi connectivity index (χ1v) is 4.73. The van der Waals surface area contributed by atoms with Gasteiger partial charge < -0.3 is 10.1 Å². The lowest BCUT2D eigenvalue weighted by molar-refractivity contribution is 0.401. The number of hydrogen-bond acceptors (Lipinski definition) is 4. The fourth-order valence-corrected chi connectivity index (χ4v) is 1.16. The van der Waals surface area contributed by atoms with Gasteiger partial charge in [0.1, 0.15) is 5.82 Å². The van der Waals surface area contributed by atoms with Crippen molar-refractivity contribution >= 4 is 0 Å². The Morgan fingerprint density at radius 3 is 2.71 bits per heavy atom. The van der Waals surface area contributed by atoms with Crippen molar-refractivity contribution in [1.29, 1.82) is 0 Å². The number of rotatable bonds is 4. The van der Waals surface area contributed by atoms with E-state index >= 15 is 0 Å². The molecule has 0 aliphatic heterocycles. The second kappa shape index (κ2) is 4.91. The van der Waals surface area contributed by atoms with E-state index in [1.165, 1.54) is 0 Å². The lowest BCUT2D eigenvalue weighted by Crippen LogP contribution is -2.11.